The molecule has 0 radical (unpaired) electrons. The van der Waals surface area contributed by atoms with Gasteiger partial charge in [0.2, 0.25) is 0 Å². The predicted octanol–water partition coefficient (Wildman–Crippen LogP) is 2.97. The van der Waals surface area contributed by atoms with Crippen LogP contribution >= 0.6 is 11.6 Å². The molecule has 24 heavy (non-hydrogen) atoms. The number of nitrogens with zero attached hydrogens (tertiary/aromatic N) is 1. The molecular formula is C17H17ClN2O4. The number of phenols is 1. The Hall–Kier alpha value is -2.73. The second-order valence-corrected chi connectivity index (χ2v) is 5.13. The second-order valence-electron chi connectivity index (χ2n) is 4.69. The molecule has 0 saturated heterocycles. The van der Waals surface area contributed by atoms with Gasteiger partial charge in [0.1, 0.15) is 17.2 Å². The molecule has 0 bridgehead atoms. The first-order chi connectivity index (χ1) is 11.6. The van der Waals surface area contributed by atoms with Gasteiger partial charge >= 0.3 is 0 Å². The lowest BCUT2D eigenvalue weighted by molar-refractivity contribution is -0.123. The Morgan fingerprint density at radius 2 is 1.92 bits per heavy atom. The van der Waals surface area contributed by atoms with Gasteiger partial charge in [0.25, 0.3) is 5.91 Å². The average molecular weight is 349 g/mol. The summed E-state index contributed by atoms with van der Waals surface area (Å²) in [6, 6.07) is 11.5. The minimum absolute atomic E-state index is 0.0105. The number of phenolic OH excluding ortho intramolecular Hbond substituents is 1. The van der Waals surface area contributed by atoms with Gasteiger partial charge < -0.3 is 14.6 Å². The van der Waals surface area contributed by atoms with Gasteiger partial charge in [0.15, 0.2) is 6.61 Å². The molecule has 0 fully saturated rings. The maximum absolute atomic E-state index is 11.6. The molecule has 0 aromatic heterocycles. The van der Waals surface area contributed by atoms with Crippen molar-refractivity contribution in [2.45, 2.75) is 6.92 Å². The van der Waals surface area contributed by atoms with E-state index in [4.69, 9.17) is 21.1 Å². The SMILES string of the molecule is CCOc1ccc(/C=N/NC(=O)COc2ccc(Cl)cc2)c(O)c1. The van der Waals surface area contributed by atoms with Gasteiger partial charge in [-0.3, -0.25) is 4.79 Å². The van der Waals surface area contributed by atoms with Gasteiger partial charge in [0.05, 0.1) is 12.8 Å². The number of hydrogen-bond acceptors (Lipinski definition) is 5. The van der Waals surface area contributed by atoms with Crippen LogP contribution in [0, 0.1) is 0 Å². The van der Waals surface area contributed by atoms with Gasteiger partial charge in [0, 0.05) is 16.7 Å². The molecule has 2 rings (SSSR count). The molecule has 0 heterocycles. The Morgan fingerprint density at radius 3 is 2.58 bits per heavy atom. The highest BCUT2D eigenvalue weighted by Gasteiger charge is 2.03. The number of rotatable bonds is 7. The number of aromatic hydroxyl groups is 1. The summed E-state index contributed by atoms with van der Waals surface area (Å²) in [6.45, 7) is 2.18. The standard InChI is InChI=1S/C17H17ClN2O4/c1-2-23-15-6-3-12(16(21)9-15)10-19-20-17(22)11-24-14-7-4-13(18)5-8-14/h3-10,21H,2,11H2,1H3,(H,20,22)/b19-10+. The van der Waals surface area contributed by atoms with Crippen molar-refractivity contribution in [3.05, 3.63) is 53.1 Å². The molecular weight excluding hydrogens is 332 g/mol. The van der Waals surface area contributed by atoms with Crippen LogP contribution in [0.5, 0.6) is 17.2 Å². The van der Waals surface area contributed by atoms with Crippen molar-refractivity contribution >= 4 is 23.7 Å². The zero-order valence-corrected chi connectivity index (χ0v) is 13.8. The fourth-order valence-electron chi connectivity index (χ4n) is 1.77. The molecule has 126 valence electrons. The van der Waals surface area contributed by atoms with Crippen molar-refractivity contribution in [3.63, 3.8) is 0 Å². The van der Waals surface area contributed by atoms with Gasteiger partial charge in [-0.15, -0.1) is 0 Å². The Kier molecular flexibility index (Phi) is 6.45. The number of hydrogen-bond donors (Lipinski definition) is 2. The summed E-state index contributed by atoms with van der Waals surface area (Å²) < 4.78 is 10.5. The fourth-order valence-corrected chi connectivity index (χ4v) is 1.90. The van der Waals surface area contributed by atoms with Crippen LogP contribution in [0.4, 0.5) is 0 Å². The average Bonchev–Trinajstić information content (AvgIpc) is 2.56. The number of halogens is 1. The fraction of sp³-hybridized carbons (Fsp3) is 0.176. The van der Waals surface area contributed by atoms with E-state index in [1.54, 1.807) is 36.4 Å². The molecule has 0 atom stereocenters. The third kappa shape index (κ3) is 5.48. The Balaban J connectivity index is 1.82. The summed E-state index contributed by atoms with van der Waals surface area (Å²) in [5.41, 5.74) is 2.77. The molecule has 0 aliphatic heterocycles. The minimum atomic E-state index is -0.424. The van der Waals surface area contributed by atoms with Crippen molar-refractivity contribution in [2.24, 2.45) is 5.10 Å². The maximum Gasteiger partial charge on any atom is 0.277 e. The number of carbonyl (C=O) groups excluding carboxylic acids is 1. The summed E-state index contributed by atoms with van der Waals surface area (Å²) in [6.07, 6.45) is 1.34. The number of hydrazone groups is 1. The van der Waals surface area contributed by atoms with E-state index in [-0.39, 0.29) is 12.4 Å². The highest BCUT2D eigenvalue weighted by atomic mass is 35.5. The highest BCUT2D eigenvalue weighted by Crippen LogP contribution is 2.22. The van der Waals surface area contributed by atoms with Crippen LogP contribution in [0.1, 0.15) is 12.5 Å². The van der Waals surface area contributed by atoms with Crippen molar-refractivity contribution in [2.75, 3.05) is 13.2 Å². The third-order valence-electron chi connectivity index (χ3n) is 2.89. The summed E-state index contributed by atoms with van der Waals surface area (Å²) in [7, 11) is 0. The molecule has 0 spiro atoms. The lowest BCUT2D eigenvalue weighted by atomic mass is 10.2. The summed E-state index contributed by atoms with van der Waals surface area (Å²) in [5, 5.41) is 14.2. The van der Waals surface area contributed by atoms with Crippen LogP contribution in [-0.4, -0.2) is 30.4 Å². The van der Waals surface area contributed by atoms with Gasteiger partial charge in [-0.1, -0.05) is 11.6 Å². The van der Waals surface area contributed by atoms with E-state index in [1.165, 1.54) is 12.3 Å². The summed E-state index contributed by atoms with van der Waals surface area (Å²) >= 11 is 5.76. The molecule has 0 aliphatic carbocycles. The smallest absolute Gasteiger partial charge is 0.277 e. The first-order valence-electron chi connectivity index (χ1n) is 7.24. The topological polar surface area (TPSA) is 80.2 Å². The van der Waals surface area contributed by atoms with Crippen molar-refractivity contribution in [3.8, 4) is 17.2 Å². The molecule has 2 aromatic carbocycles. The molecule has 0 unspecified atom stereocenters. The van der Waals surface area contributed by atoms with E-state index in [9.17, 15) is 9.90 Å². The normalized spacial score (nSPS) is 10.6. The van der Waals surface area contributed by atoms with Crippen molar-refractivity contribution in [1.29, 1.82) is 0 Å². The largest absolute Gasteiger partial charge is 0.507 e. The minimum Gasteiger partial charge on any atom is -0.507 e. The molecule has 2 aromatic rings. The van der Waals surface area contributed by atoms with E-state index in [1.807, 2.05) is 6.92 Å². The van der Waals surface area contributed by atoms with E-state index in [0.29, 0.717) is 28.7 Å². The molecule has 2 N–H and O–H groups in total. The zero-order chi connectivity index (χ0) is 17.4. The molecule has 0 saturated carbocycles. The zero-order valence-electron chi connectivity index (χ0n) is 13.0. The van der Waals surface area contributed by atoms with E-state index >= 15 is 0 Å². The number of benzene rings is 2. The van der Waals surface area contributed by atoms with E-state index in [2.05, 4.69) is 10.5 Å². The highest BCUT2D eigenvalue weighted by molar-refractivity contribution is 6.30. The number of nitrogens with one attached hydrogen (secondary N) is 1. The Morgan fingerprint density at radius 1 is 1.21 bits per heavy atom. The molecule has 6 nitrogen and oxygen atoms in total. The van der Waals surface area contributed by atoms with E-state index < -0.39 is 5.91 Å². The number of amides is 1. The number of ether oxygens (including phenoxy) is 2. The van der Waals surface area contributed by atoms with Crippen LogP contribution in [0.3, 0.4) is 0 Å². The van der Waals surface area contributed by atoms with Crippen LogP contribution in [0.25, 0.3) is 0 Å². The second kappa shape index (κ2) is 8.79. The molecule has 0 aliphatic rings. The van der Waals surface area contributed by atoms with Crippen molar-refractivity contribution < 1.29 is 19.4 Å². The molecule has 7 heteroatoms. The van der Waals surface area contributed by atoms with Gasteiger partial charge in [-0.05, 0) is 43.3 Å². The van der Waals surface area contributed by atoms with Gasteiger partial charge in [-0.25, -0.2) is 5.43 Å². The first kappa shape index (κ1) is 17.6. The maximum atomic E-state index is 11.6. The molecule has 1 amide bonds. The van der Waals surface area contributed by atoms with Crippen LogP contribution in [0.15, 0.2) is 47.6 Å². The Labute approximate surface area is 144 Å². The summed E-state index contributed by atoms with van der Waals surface area (Å²) in [5.74, 6) is 0.679. The monoisotopic (exact) mass is 348 g/mol. The van der Waals surface area contributed by atoms with Crippen LogP contribution < -0.4 is 14.9 Å². The Bertz CT molecular complexity index is 717. The quantitative estimate of drug-likeness (QED) is 0.595. The van der Waals surface area contributed by atoms with Gasteiger partial charge in [-0.2, -0.15) is 5.10 Å². The predicted molar refractivity (Wildman–Crippen MR) is 92.0 cm³/mol. The number of carbonyl (C=O) groups is 1. The van der Waals surface area contributed by atoms with Crippen LogP contribution in [-0.2, 0) is 4.79 Å². The summed E-state index contributed by atoms with van der Waals surface area (Å²) in [4.78, 5) is 11.6. The van der Waals surface area contributed by atoms with Crippen LogP contribution in [0.2, 0.25) is 5.02 Å². The lowest BCUT2D eigenvalue weighted by Crippen LogP contribution is -2.24. The van der Waals surface area contributed by atoms with Crippen molar-refractivity contribution in [1.82, 2.24) is 5.43 Å². The first-order valence-corrected chi connectivity index (χ1v) is 7.62. The van der Waals surface area contributed by atoms with E-state index in [0.717, 1.165) is 0 Å². The lowest BCUT2D eigenvalue weighted by Gasteiger charge is -2.06. The third-order valence-corrected chi connectivity index (χ3v) is 3.14.